The van der Waals surface area contributed by atoms with Gasteiger partial charge >= 0.3 is 12.4 Å². The number of phenols is 1. The van der Waals surface area contributed by atoms with Gasteiger partial charge in [-0.1, -0.05) is 24.3 Å². The maximum Gasteiger partial charge on any atom is 0.417 e. The Labute approximate surface area is 115 Å². The number of rotatable bonds is 1. The van der Waals surface area contributed by atoms with Crippen molar-refractivity contribution in [3.05, 3.63) is 53.6 Å². The quantitative estimate of drug-likeness (QED) is 0.727. The highest BCUT2D eigenvalue weighted by Gasteiger charge is 2.39. The molecule has 1 N–H and O–H groups in total. The summed E-state index contributed by atoms with van der Waals surface area (Å²) in [7, 11) is 0. The second-order valence-corrected chi connectivity index (χ2v) is 4.24. The maximum atomic E-state index is 12.9. The first kappa shape index (κ1) is 15.2. The Hall–Kier alpha value is -2.18. The number of benzene rings is 2. The zero-order valence-electron chi connectivity index (χ0n) is 10.3. The van der Waals surface area contributed by atoms with E-state index >= 15 is 0 Å². The van der Waals surface area contributed by atoms with Gasteiger partial charge in [-0.05, 0) is 23.8 Å². The Morgan fingerprint density at radius 2 is 1.19 bits per heavy atom. The lowest BCUT2D eigenvalue weighted by atomic mass is 9.94. The molecular formula is C14H8F6O. The number of alkyl halides is 6. The average Bonchev–Trinajstić information content (AvgIpc) is 2.36. The molecule has 0 radical (unpaired) electrons. The molecule has 2 aromatic carbocycles. The third-order valence-corrected chi connectivity index (χ3v) is 2.85. The summed E-state index contributed by atoms with van der Waals surface area (Å²) in [4.78, 5) is 0. The van der Waals surface area contributed by atoms with E-state index in [1.807, 2.05) is 0 Å². The fraction of sp³-hybridized carbons (Fsp3) is 0.143. The lowest BCUT2D eigenvalue weighted by molar-refractivity contribution is -0.139. The molecule has 0 amide bonds. The van der Waals surface area contributed by atoms with Crippen molar-refractivity contribution in [3.8, 4) is 16.9 Å². The Balaban J connectivity index is 2.81. The van der Waals surface area contributed by atoms with Crippen LogP contribution in [0.4, 0.5) is 26.3 Å². The van der Waals surface area contributed by atoms with Crippen molar-refractivity contribution in [1.29, 1.82) is 0 Å². The van der Waals surface area contributed by atoms with Crippen LogP contribution >= 0.6 is 0 Å². The van der Waals surface area contributed by atoms with E-state index in [9.17, 15) is 31.4 Å². The van der Waals surface area contributed by atoms with Crippen LogP contribution in [-0.4, -0.2) is 5.11 Å². The Morgan fingerprint density at radius 3 is 1.76 bits per heavy atom. The number of hydrogen-bond donors (Lipinski definition) is 1. The molecule has 7 heteroatoms. The molecule has 2 aromatic rings. The summed E-state index contributed by atoms with van der Waals surface area (Å²) in [5.74, 6) is -0.860. The van der Waals surface area contributed by atoms with Gasteiger partial charge < -0.3 is 5.11 Å². The smallest absolute Gasteiger partial charge is 0.417 e. The van der Waals surface area contributed by atoms with Gasteiger partial charge in [-0.25, -0.2) is 0 Å². The van der Waals surface area contributed by atoms with E-state index in [-0.39, 0.29) is 0 Å². The summed E-state index contributed by atoms with van der Waals surface area (Å²) in [6.45, 7) is 0. The highest BCUT2D eigenvalue weighted by atomic mass is 19.4. The molecule has 0 aromatic heterocycles. The first-order valence-corrected chi connectivity index (χ1v) is 5.68. The predicted molar refractivity (Wildman–Crippen MR) is 63.5 cm³/mol. The van der Waals surface area contributed by atoms with Crippen LogP contribution in [0.15, 0.2) is 42.5 Å². The minimum Gasteiger partial charge on any atom is -0.507 e. The van der Waals surface area contributed by atoms with E-state index in [4.69, 9.17) is 0 Å². The lowest BCUT2D eigenvalue weighted by Gasteiger charge is -2.18. The van der Waals surface area contributed by atoms with Crippen LogP contribution in [0.3, 0.4) is 0 Å². The second-order valence-electron chi connectivity index (χ2n) is 4.24. The molecule has 1 nitrogen and oxygen atoms in total. The first-order valence-electron chi connectivity index (χ1n) is 5.68. The molecule has 0 heterocycles. The van der Waals surface area contributed by atoms with Gasteiger partial charge in [-0.3, -0.25) is 0 Å². The molecule has 112 valence electrons. The van der Waals surface area contributed by atoms with E-state index in [1.165, 1.54) is 6.07 Å². The fourth-order valence-electron chi connectivity index (χ4n) is 2.01. The molecule has 0 spiro atoms. The predicted octanol–water partition coefficient (Wildman–Crippen LogP) is 5.10. The van der Waals surface area contributed by atoms with Crippen molar-refractivity contribution < 1.29 is 31.4 Å². The molecule has 0 fully saturated rings. The van der Waals surface area contributed by atoms with Crippen LogP contribution in [0.5, 0.6) is 5.75 Å². The number of aromatic hydroxyl groups is 1. The van der Waals surface area contributed by atoms with Crippen LogP contribution in [0, 0.1) is 0 Å². The summed E-state index contributed by atoms with van der Waals surface area (Å²) >= 11 is 0. The van der Waals surface area contributed by atoms with E-state index in [0.717, 1.165) is 24.3 Å². The minimum atomic E-state index is -4.88. The van der Waals surface area contributed by atoms with Crippen LogP contribution in [-0.2, 0) is 12.4 Å². The zero-order chi connectivity index (χ0) is 15.8. The molecule has 0 aliphatic heterocycles. The zero-order valence-corrected chi connectivity index (χ0v) is 10.3. The maximum absolute atomic E-state index is 12.9. The van der Waals surface area contributed by atoms with Crippen molar-refractivity contribution in [1.82, 2.24) is 0 Å². The largest absolute Gasteiger partial charge is 0.507 e. The van der Waals surface area contributed by atoms with Crippen molar-refractivity contribution in [2.24, 2.45) is 0 Å². The van der Waals surface area contributed by atoms with Gasteiger partial charge in [0.05, 0.1) is 11.1 Å². The highest BCUT2D eigenvalue weighted by molar-refractivity contribution is 5.77. The normalized spacial score (nSPS) is 12.5. The molecule has 0 aliphatic rings. The van der Waals surface area contributed by atoms with Gasteiger partial charge in [0.2, 0.25) is 0 Å². The van der Waals surface area contributed by atoms with Crippen LogP contribution in [0.1, 0.15) is 11.1 Å². The molecule has 0 saturated carbocycles. The highest BCUT2D eigenvalue weighted by Crippen LogP contribution is 2.45. The summed E-state index contributed by atoms with van der Waals surface area (Å²) in [6, 6.07) is 6.28. The van der Waals surface area contributed by atoms with Gasteiger partial charge in [0, 0.05) is 5.56 Å². The van der Waals surface area contributed by atoms with E-state index < -0.39 is 40.4 Å². The number of phenolic OH excluding ortho intramolecular Hbond substituents is 1. The standard InChI is InChI=1S/C14H8F6O/c15-13(16,17)9-5-2-1-4-8(9)12-10(14(18,19)20)6-3-7-11(12)21/h1-7,21H. The topological polar surface area (TPSA) is 20.2 Å². The molecule has 0 atom stereocenters. The minimum absolute atomic E-state index is 0.627. The number of hydrogen-bond acceptors (Lipinski definition) is 1. The summed E-state index contributed by atoms with van der Waals surface area (Å²) in [5, 5.41) is 9.63. The molecular weight excluding hydrogens is 298 g/mol. The Morgan fingerprint density at radius 1 is 0.667 bits per heavy atom. The molecule has 0 saturated heterocycles. The monoisotopic (exact) mass is 306 g/mol. The summed E-state index contributed by atoms with van der Waals surface area (Å²) in [5.41, 5.74) is -4.15. The van der Waals surface area contributed by atoms with E-state index in [1.54, 1.807) is 0 Å². The third-order valence-electron chi connectivity index (χ3n) is 2.85. The number of halogens is 6. The van der Waals surface area contributed by atoms with Gasteiger partial charge in [-0.2, -0.15) is 26.3 Å². The Bertz CT molecular complexity index is 657. The first-order chi connectivity index (χ1) is 9.62. The van der Waals surface area contributed by atoms with Crippen LogP contribution < -0.4 is 0 Å². The van der Waals surface area contributed by atoms with Crippen molar-refractivity contribution in [2.45, 2.75) is 12.4 Å². The summed E-state index contributed by atoms with van der Waals surface area (Å²) in [6.07, 6.45) is -9.71. The summed E-state index contributed by atoms with van der Waals surface area (Å²) < 4.78 is 77.6. The second kappa shape index (κ2) is 4.98. The van der Waals surface area contributed by atoms with Crippen molar-refractivity contribution in [2.75, 3.05) is 0 Å². The molecule has 2 rings (SSSR count). The van der Waals surface area contributed by atoms with Crippen LogP contribution in [0.25, 0.3) is 11.1 Å². The average molecular weight is 306 g/mol. The van der Waals surface area contributed by atoms with Gasteiger partial charge in [0.25, 0.3) is 0 Å². The lowest BCUT2D eigenvalue weighted by Crippen LogP contribution is -2.11. The fourth-order valence-corrected chi connectivity index (χ4v) is 2.01. The van der Waals surface area contributed by atoms with Crippen molar-refractivity contribution in [3.63, 3.8) is 0 Å². The molecule has 0 unspecified atom stereocenters. The van der Waals surface area contributed by atoms with Crippen molar-refractivity contribution >= 4 is 0 Å². The molecule has 0 bridgehead atoms. The van der Waals surface area contributed by atoms with Crippen LogP contribution in [0.2, 0.25) is 0 Å². The third kappa shape index (κ3) is 2.96. The van der Waals surface area contributed by atoms with E-state index in [0.29, 0.717) is 12.1 Å². The SMILES string of the molecule is Oc1cccc(C(F)(F)F)c1-c1ccccc1C(F)(F)F. The van der Waals surface area contributed by atoms with Gasteiger partial charge in [-0.15, -0.1) is 0 Å². The molecule has 21 heavy (non-hydrogen) atoms. The van der Waals surface area contributed by atoms with Gasteiger partial charge in [0.15, 0.2) is 0 Å². The van der Waals surface area contributed by atoms with Gasteiger partial charge in [0.1, 0.15) is 5.75 Å². The molecule has 0 aliphatic carbocycles. The van der Waals surface area contributed by atoms with E-state index in [2.05, 4.69) is 0 Å². The Kier molecular flexibility index (Phi) is 3.61.